The number of carbonyl (C=O) groups is 1. The highest BCUT2D eigenvalue weighted by Gasteiger charge is 2.21. The summed E-state index contributed by atoms with van der Waals surface area (Å²) in [6, 6.07) is 9.53. The molecule has 0 aliphatic heterocycles. The van der Waals surface area contributed by atoms with E-state index in [1.165, 1.54) is 9.67 Å². The number of benzene rings is 1. The van der Waals surface area contributed by atoms with E-state index in [1.807, 2.05) is 30.3 Å². The number of nitrogens with one attached hydrogen (secondary N) is 1. The summed E-state index contributed by atoms with van der Waals surface area (Å²) in [4.78, 5) is 19.7. The highest BCUT2D eigenvalue weighted by molar-refractivity contribution is 7.15. The third-order valence-corrected chi connectivity index (χ3v) is 4.87. The molecule has 0 bridgehead atoms. The van der Waals surface area contributed by atoms with Crippen molar-refractivity contribution in [2.45, 2.75) is 26.2 Å². The third-order valence-electron chi connectivity index (χ3n) is 3.80. The van der Waals surface area contributed by atoms with E-state index in [-0.39, 0.29) is 5.91 Å². The molecule has 1 N–H and O–H groups in total. The molecule has 6 nitrogen and oxygen atoms in total. The van der Waals surface area contributed by atoms with E-state index in [0.717, 1.165) is 30.6 Å². The van der Waals surface area contributed by atoms with Crippen molar-refractivity contribution in [3.63, 3.8) is 0 Å². The molecular formula is C16H15N5OS. The molecule has 3 aromatic rings. The van der Waals surface area contributed by atoms with Crippen LogP contribution in [0.3, 0.4) is 0 Å². The maximum absolute atomic E-state index is 12.4. The average Bonchev–Trinajstić information content (AvgIpc) is 3.22. The molecule has 1 aliphatic carbocycles. The fourth-order valence-corrected chi connectivity index (χ4v) is 3.71. The zero-order valence-corrected chi connectivity index (χ0v) is 13.4. The molecule has 0 radical (unpaired) electrons. The summed E-state index contributed by atoms with van der Waals surface area (Å²) in [5, 5.41) is 12.1. The molecule has 2 heterocycles. The minimum atomic E-state index is -0.267. The first-order valence-corrected chi connectivity index (χ1v) is 8.31. The van der Waals surface area contributed by atoms with Crippen molar-refractivity contribution in [2.75, 3.05) is 5.32 Å². The monoisotopic (exact) mass is 325 g/mol. The van der Waals surface area contributed by atoms with Gasteiger partial charge in [0.1, 0.15) is 0 Å². The average molecular weight is 325 g/mol. The Morgan fingerprint density at radius 2 is 2.04 bits per heavy atom. The SMILES string of the molecule is Cc1nn(-c2ccccc2)nc1C(=O)Nc1nc2c(s1)CCC2. The number of carbonyl (C=O) groups excluding carboxylic acids is 1. The van der Waals surface area contributed by atoms with Crippen LogP contribution in [0.15, 0.2) is 30.3 Å². The van der Waals surface area contributed by atoms with E-state index in [4.69, 9.17) is 0 Å². The largest absolute Gasteiger partial charge is 0.296 e. The standard InChI is InChI=1S/C16H15N5OS/c1-10-14(20-21(19-10)11-6-3-2-4-7-11)15(22)18-16-17-12-8-5-9-13(12)23-16/h2-4,6-7H,5,8-9H2,1H3,(H,17,18,22). The molecule has 1 aromatic carbocycles. The first-order chi connectivity index (χ1) is 11.2. The van der Waals surface area contributed by atoms with Crippen LogP contribution in [0.2, 0.25) is 0 Å². The van der Waals surface area contributed by atoms with Crippen molar-refractivity contribution in [3.05, 3.63) is 52.3 Å². The van der Waals surface area contributed by atoms with Crippen LogP contribution >= 0.6 is 11.3 Å². The lowest BCUT2D eigenvalue weighted by atomic mass is 10.3. The van der Waals surface area contributed by atoms with Gasteiger partial charge in [0.05, 0.1) is 17.1 Å². The van der Waals surface area contributed by atoms with Gasteiger partial charge < -0.3 is 0 Å². The lowest BCUT2D eigenvalue weighted by Crippen LogP contribution is -2.14. The zero-order chi connectivity index (χ0) is 15.8. The number of nitrogens with zero attached hydrogens (tertiary/aromatic N) is 4. The Balaban J connectivity index is 1.57. The predicted molar refractivity (Wildman–Crippen MR) is 88.2 cm³/mol. The summed E-state index contributed by atoms with van der Waals surface area (Å²) in [6.45, 7) is 1.78. The first-order valence-electron chi connectivity index (χ1n) is 7.50. The van der Waals surface area contributed by atoms with Crippen LogP contribution in [0.4, 0.5) is 5.13 Å². The van der Waals surface area contributed by atoms with Crippen LogP contribution < -0.4 is 5.32 Å². The zero-order valence-electron chi connectivity index (χ0n) is 12.6. The van der Waals surface area contributed by atoms with Gasteiger partial charge >= 0.3 is 0 Å². The molecule has 0 saturated carbocycles. The second kappa shape index (κ2) is 5.58. The van der Waals surface area contributed by atoms with Gasteiger partial charge in [-0.15, -0.1) is 16.4 Å². The minimum absolute atomic E-state index is 0.267. The number of para-hydroxylation sites is 1. The Morgan fingerprint density at radius 3 is 2.83 bits per heavy atom. The maximum Gasteiger partial charge on any atom is 0.279 e. The van der Waals surface area contributed by atoms with Gasteiger partial charge in [0.25, 0.3) is 5.91 Å². The lowest BCUT2D eigenvalue weighted by molar-refractivity contribution is 0.102. The molecule has 7 heteroatoms. The molecule has 0 fully saturated rings. The number of hydrogen-bond acceptors (Lipinski definition) is 5. The summed E-state index contributed by atoms with van der Waals surface area (Å²) in [5.41, 5.74) is 2.86. The number of hydrogen-bond donors (Lipinski definition) is 1. The summed E-state index contributed by atoms with van der Waals surface area (Å²) >= 11 is 1.56. The Labute approximate surface area is 137 Å². The van der Waals surface area contributed by atoms with Gasteiger partial charge in [-0.1, -0.05) is 18.2 Å². The molecular weight excluding hydrogens is 310 g/mol. The van der Waals surface area contributed by atoms with Crippen LogP contribution in [-0.2, 0) is 12.8 Å². The van der Waals surface area contributed by atoms with Gasteiger partial charge in [0.2, 0.25) is 0 Å². The van der Waals surface area contributed by atoms with E-state index in [0.29, 0.717) is 16.5 Å². The van der Waals surface area contributed by atoms with Crippen LogP contribution in [0.1, 0.15) is 33.2 Å². The second-order valence-corrected chi connectivity index (χ2v) is 6.54. The molecule has 116 valence electrons. The maximum atomic E-state index is 12.4. The summed E-state index contributed by atoms with van der Waals surface area (Å²) in [6.07, 6.45) is 3.23. The van der Waals surface area contributed by atoms with Crippen LogP contribution in [0, 0.1) is 6.92 Å². The third kappa shape index (κ3) is 2.63. The van der Waals surface area contributed by atoms with Gasteiger partial charge in [0.15, 0.2) is 10.8 Å². The quantitative estimate of drug-likeness (QED) is 0.803. The van der Waals surface area contributed by atoms with Gasteiger partial charge in [-0.25, -0.2) is 4.98 Å². The minimum Gasteiger partial charge on any atom is -0.296 e. The van der Waals surface area contributed by atoms with Crippen LogP contribution in [0.25, 0.3) is 5.69 Å². The van der Waals surface area contributed by atoms with E-state index in [1.54, 1.807) is 18.3 Å². The van der Waals surface area contributed by atoms with Crippen molar-refractivity contribution < 1.29 is 4.79 Å². The number of aromatic nitrogens is 4. The van der Waals surface area contributed by atoms with E-state index < -0.39 is 0 Å². The Kier molecular flexibility index (Phi) is 3.42. The van der Waals surface area contributed by atoms with Crippen LogP contribution in [-0.4, -0.2) is 25.9 Å². The molecule has 23 heavy (non-hydrogen) atoms. The molecule has 1 amide bonds. The first kappa shape index (κ1) is 14.1. The summed E-state index contributed by atoms with van der Waals surface area (Å²) < 4.78 is 0. The molecule has 0 atom stereocenters. The number of amides is 1. The van der Waals surface area contributed by atoms with Crippen molar-refractivity contribution in [2.24, 2.45) is 0 Å². The van der Waals surface area contributed by atoms with Gasteiger partial charge in [-0.3, -0.25) is 10.1 Å². The van der Waals surface area contributed by atoms with Crippen molar-refractivity contribution in [3.8, 4) is 5.69 Å². The number of anilines is 1. The fourth-order valence-electron chi connectivity index (χ4n) is 2.67. The van der Waals surface area contributed by atoms with E-state index in [9.17, 15) is 4.79 Å². The molecule has 0 unspecified atom stereocenters. The molecule has 2 aromatic heterocycles. The summed E-state index contributed by atoms with van der Waals surface area (Å²) in [7, 11) is 0. The Bertz CT molecular complexity index is 846. The van der Waals surface area contributed by atoms with Gasteiger partial charge in [0, 0.05) is 4.88 Å². The van der Waals surface area contributed by atoms with Crippen molar-refractivity contribution in [1.29, 1.82) is 0 Å². The fraction of sp³-hybridized carbons (Fsp3) is 0.250. The lowest BCUT2D eigenvalue weighted by Gasteiger charge is -1.99. The van der Waals surface area contributed by atoms with Crippen LogP contribution in [0.5, 0.6) is 0 Å². The number of fused-ring (bicyclic) bond motifs is 1. The molecule has 1 aliphatic rings. The molecule has 0 saturated heterocycles. The highest BCUT2D eigenvalue weighted by atomic mass is 32.1. The normalized spacial score (nSPS) is 13.1. The Morgan fingerprint density at radius 1 is 1.22 bits per heavy atom. The van der Waals surface area contributed by atoms with E-state index in [2.05, 4.69) is 20.5 Å². The van der Waals surface area contributed by atoms with Crippen molar-refractivity contribution in [1.82, 2.24) is 20.0 Å². The number of thiazole rings is 1. The Hall–Kier alpha value is -2.54. The smallest absolute Gasteiger partial charge is 0.279 e. The summed E-state index contributed by atoms with van der Waals surface area (Å²) in [5.74, 6) is -0.267. The number of rotatable bonds is 3. The van der Waals surface area contributed by atoms with E-state index >= 15 is 0 Å². The number of aryl methyl sites for hydroxylation is 3. The topological polar surface area (TPSA) is 72.7 Å². The second-order valence-electron chi connectivity index (χ2n) is 5.46. The molecule has 4 rings (SSSR count). The van der Waals surface area contributed by atoms with Gasteiger partial charge in [-0.05, 0) is 38.3 Å². The highest BCUT2D eigenvalue weighted by Crippen LogP contribution is 2.30. The molecule has 0 spiro atoms. The van der Waals surface area contributed by atoms with Crippen molar-refractivity contribution >= 4 is 22.4 Å². The predicted octanol–water partition coefficient (Wildman–Crippen LogP) is 2.77. The van der Waals surface area contributed by atoms with Gasteiger partial charge in [-0.2, -0.15) is 9.90 Å².